The first-order chi connectivity index (χ1) is 19.8. The zero-order valence-corrected chi connectivity index (χ0v) is 29.1. The van der Waals surface area contributed by atoms with Crippen LogP contribution in [0.3, 0.4) is 0 Å². The number of carbonyl (C=O) groups is 3. The maximum Gasteiger partial charge on any atom is 0.471 e. The van der Waals surface area contributed by atoms with Crippen molar-refractivity contribution in [2.24, 2.45) is 44.3 Å². The van der Waals surface area contributed by atoms with Crippen LogP contribution in [-0.4, -0.2) is 30.2 Å². The molecule has 250 valence electrons. The summed E-state index contributed by atoms with van der Waals surface area (Å²) in [4.78, 5) is 37.9. The number of ketones is 2. The molecule has 44 heavy (non-hydrogen) atoms. The van der Waals surface area contributed by atoms with Crippen molar-refractivity contribution in [1.82, 2.24) is 5.32 Å². The molecule has 0 bridgehead atoms. The van der Waals surface area contributed by atoms with Crippen LogP contribution in [0, 0.1) is 55.7 Å². The third kappa shape index (κ3) is 7.79. The minimum absolute atomic E-state index is 0.0289. The molecule has 0 aromatic carbocycles. The number of fused-ring (bicyclic) bond motifs is 1. The van der Waals surface area contributed by atoms with Crippen molar-refractivity contribution < 1.29 is 27.6 Å². The number of hydrogen-bond acceptors (Lipinski definition) is 4. The topological polar surface area (TPSA) is 87.0 Å². The monoisotopic (exact) mass is 622 g/mol. The molecule has 1 fully saturated rings. The second kappa shape index (κ2) is 12.9. The van der Waals surface area contributed by atoms with E-state index in [0.717, 1.165) is 32.1 Å². The van der Waals surface area contributed by atoms with Crippen molar-refractivity contribution in [1.29, 1.82) is 5.26 Å². The first-order valence-corrected chi connectivity index (χ1v) is 16.3. The molecule has 5 atom stereocenters. The van der Waals surface area contributed by atoms with Crippen molar-refractivity contribution >= 4 is 17.5 Å². The Morgan fingerprint density at radius 1 is 1.00 bits per heavy atom. The Morgan fingerprint density at radius 3 is 2.07 bits per heavy atom. The van der Waals surface area contributed by atoms with Gasteiger partial charge in [0.15, 0.2) is 5.78 Å². The number of alkyl halides is 3. The van der Waals surface area contributed by atoms with Gasteiger partial charge in [0.2, 0.25) is 0 Å². The molecule has 0 saturated heterocycles. The summed E-state index contributed by atoms with van der Waals surface area (Å²) in [6.45, 7) is 22.5. The van der Waals surface area contributed by atoms with E-state index in [0.29, 0.717) is 25.7 Å². The number of hydrogen-bond donors (Lipinski definition) is 1. The average molecular weight is 623 g/mol. The number of amides is 1. The van der Waals surface area contributed by atoms with Crippen molar-refractivity contribution in [2.45, 2.75) is 140 Å². The van der Waals surface area contributed by atoms with Crippen LogP contribution in [0.2, 0.25) is 0 Å². The molecule has 2 aliphatic carbocycles. The molecule has 0 aliphatic heterocycles. The fourth-order valence-electron chi connectivity index (χ4n) is 8.74. The van der Waals surface area contributed by atoms with Crippen LogP contribution in [-0.2, 0) is 14.4 Å². The Morgan fingerprint density at radius 2 is 1.57 bits per heavy atom. The molecule has 0 unspecified atom stereocenters. The van der Waals surface area contributed by atoms with Crippen molar-refractivity contribution in [3.63, 3.8) is 0 Å². The fraction of sp³-hybridized carbons (Fsp3) is 0.833. The molecule has 0 spiro atoms. The van der Waals surface area contributed by atoms with E-state index in [4.69, 9.17) is 0 Å². The first-order valence-electron chi connectivity index (χ1n) is 16.3. The van der Waals surface area contributed by atoms with Crippen molar-refractivity contribution in [2.75, 3.05) is 6.54 Å². The number of carbonyl (C=O) groups excluding carboxylic acids is 3. The molecule has 8 heteroatoms. The third-order valence-electron chi connectivity index (χ3n) is 12.2. The van der Waals surface area contributed by atoms with E-state index in [2.05, 4.69) is 59.9 Å². The van der Waals surface area contributed by atoms with Gasteiger partial charge in [-0.2, -0.15) is 18.4 Å². The zero-order chi connectivity index (χ0) is 34.2. The Kier molecular flexibility index (Phi) is 11.2. The van der Waals surface area contributed by atoms with Gasteiger partial charge in [-0.3, -0.25) is 9.59 Å². The number of rotatable bonds is 13. The second-order valence-corrected chi connectivity index (χ2v) is 16.8. The number of allylic oxidation sites excluding steroid dienone is 2. The van der Waals surface area contributed by atoms with E-state index in [1.807, 2.05) is 26.8 Å². The Bertz CT molecular complexity index is 1180. The number of halogens is 3. The summed E-state index contributed by atoms with van der Waals surface area (Å²) in [5, 5.41) is 12.1. The molecule has 0 radical (unpaired) electrons. The normalized spacial score (nSPS) is 28.8. The number of Topliss-reactive ketones (excluding diaryl/α,β-unsaturated/α-hetero) is 2. The summed E-state index contributed by atoms with van der Waals surface area (Å²) >= 11 is 0. The Balaban J connectivity index is 2.50. The predicted molar refractivity (Wildman–Crippen MR) is 168 cm³/mol. The Labute approximate surface area is 264 Å². The predicted octanol–water partition coefficient (Wildman–Crippen LogP) is 9.16. The van der Waals surface area contributed by atoms with Crippen molar-refractivity contribution in [3.05, 3.63) is 11.6 Å². The lowest BCUT2D eigenvalue weighted by Gasteiger charge is -2.64. The summed E-state index contributed by atoms with van der Waals surface area (Å²) in [5.74, 6) is -2.17. The van der Waals surface area contributed by atoms with Gasteiger partial charge in [0, 0.05) is 18.4 Å². The minimum Gasteiger partial charge on any atom is -0.348 e. The zero-order valence-electron chi connectivity index (χ0n) is 29.1. The quantitative estimate of drug-likeness (QED) is 0.222. The van der Waals surface area contributed by atoms with Crippen LogP contribution in [0.25, 0.3) is 0 Å². The van der Waals surface area contributed by atoms with E-state index >= 15 is 0 Å². The molecule has 0 heterocycles. The van der Waals surface area contributed by atoms with Gasteiger partial charge in [-0.1, -0.05) is 81.7 Å². The molecule has 0 aromatic rings. The van der Waals surface area contributed by atoms with Gasteiger partial charge in [-0.05, 0) is 90.8 Å². The molecule has 1 saturated carbocycles. The van der Waals surface area contributed by atoms with E-state index < -0.39 is 28.3 Å². The second-order valence-electron chi connectivity index (χ2n) is 16.8. The summed E-state index contributed by atoms with van der Waals surface area (Å²) in [5.41, 5.74) is -2.39. The van der Waals surface area contributed by atoms with Gasteiger partial charge >= 0.3 is 12.1 Å². The SMILES string of the molecule is CCCC(C)(C)CC[C@@](C)(CCC(C)(C)[C@]1(C)CC[C@H]2C(C)(C)C(=O)C(C#N)=C[C@]2(C)[C@H]1CC(C)=O)CNC(=O)C(F)(F)F. The van der Waals surface area contributed by atoms with Gasteiger partial charge < -0.3 is 10.1 Å². The summed E-state index contributed by atoms with van der Waals surface area (Å²) < 4.78 is 39.4. The van der Waals surface area contributed by atoms with Gasteiger partial charge in [-0.15, -0.1) is 0 Å². The van der Waals surface area contributed by atoms with Crippen LogP contribution in [0.5, 0.6) is 0 Å². The molecule has 0 aromatic heterocycles. The van der Waals surface area contributed by atoms with Crippen molar-refractivity contribution in [3.8, 4) is 6.07 Å². The summed E-state index contributed by atoms with van der Waals surface area (Å²) in [6.07, 6.45) is 3.59. The lowest BCUT2D eigenvalue weighted by Crippen LogP contribution is -2.60. The molecule has 1 N–H and O–H groups in total. The number of nitriles is 1. The lowest BCUT2D eigenvalue weighted by molar-refractivity contribution is -0.174. The number of nitrogens with one attached hydrogen (secondary N) is 1. The van der Waals surface area contributed by atoms with Crippen LogP contribution in [0.15, 0.2) is 11.6 Å². The van der Waals surface area contributed by atoms with Crippen LogP contribution in [0.4, 0.5) is 13.2 Å². The van der Waals surface area contributed by atoms with Gasteiger partial charge in [0.1, 0.15) is 11.9 Å². The van der Waals surface area contributed by atoms with Gasteiger partial charge in [-0.25, -0.2) is 0 Å². The minimum atomic E-state index is -4.94. The van der Waals surface area contributed by atoms with Crippen LogP contribution < -0.4 is 5.32 Å². The van der Waals surface area contributed by atoms with Crippen LogP contribution >= 0.6 is 0 Å². The lowest BCUT2D eigenvalue weighted by atomic mass is 9.39. The molecule has 2 rings (SSSR count). The molecule has 1 amide bonds. The molecule has 5 nitrogen and oxygen atoms in total. The largest absolute Gasteiger partial charge is 0.471 e. The van der Waals surface area contributed by atoms with Gasteiger partial charge in [0.25, 0.3) is 0 Å². The first kappa shape index (κ1) is 38.0. The average Bonchev–Trinajstić information content (AvgIpc) is 2.89. The highest BCUT2D eigenvalue weighted by molar-refractivity contribution is 6.04. The Hall–Kier alpha value is -2.17. The van der Waals surface area contributed by atoms with Gasteiger partial charge in [0.05, 0.1) is 5.57 Å². The number of nitrogens with zero attached hydrogens (tertiary/aromatic N) is 1. The molecule has 2 aliphatic rings. The van der Waals surface area contributed by atoms with E-state index in [-0.39, 0.29) is 51.8 Å². The highest BCUT2D eigenvalue weighted by atomic mass is 19.4. The summed E-state index contributed by atoms with van der Waals surface area (Å²) in [7, 11) is 0. The maximum absolute atomic E-state index is 13.3. The molecular formula is C36H57F3N2O3. The maximum atomic E-state index is 13.3. The fourth-order valence-corrected chi connectivity index (χ4v) is 8.74. The summed E-state index contributed by atoms with van der Waals surface area (Å²) in [6, 6.07) is 2.13. The van der Waals surface area contributed by atoms with E-state index in [1.54, 1.807) is 6.92 Å². The highest BCUT2D eigenvalue weighted by Crippen LogP contribution is 2.68. The van der Waals surface area contributed by atoms with E-state index in [1.165, 1.54) is 0 Å². The smallest absolute Gasteiger partial charge is 0.348 e. The van der Waals surface area contributed by atoms with Crippen LogP contribution in [0.1, 0.15) is 134 Å². The molecular weight excluding hydrogens is 565 g/mol. The highest BCUT2D eigenvalue weighted by Gasteiger charge is 2.63. The standard InChI is InChI=1S/C36H57F3N2O3/c1-12-14-30(3,4)16-18-33(9,23-41-29(44)36(37,38)39)19-17-31(5,6)35(11)15-13-26-32(7,8)28(43)25(22-40)21-34(26,10)27(35)20-24(2)42/h21,26-27H,12-20,23H2,1-11H3,(H,41,44)/t26-,27+,33-,34-,35+/m0/s1. The van der Waals surface area contributed by atoms with E-state index in [9.17, 15) is 32.8 Å². The third-order valence-corrected chi connectivity index (χ3v) is 12.2.